The van der Waals surface area contributed by atoms with Gasteiger partial charge in [-0.25, -0.2) is 0 Å². The molecule has 38 valence electrons. The quantitative estimate of drug-likeness (QED) is 0.526. The Hall–Kier alpha value is 0.440. The Morgan fingerprint density at radius 3 is 2.86 bits per heavy atom. The summed E-state index contributed by atoms with van der Waals surface area (Å²) in [6.45, 7) is 0. The van der Waals surface area contributed by atoms with Crippen LogP contribution in [0.5, 0.6) is 0 Å². The van der Waals surface area contributed by atoms with Crippen LogP contribution in [0.25, 0.3) is 0 Å². The van der Waals surface area contributed by atoms with Crippen molar-refractivity contribution in [2.45, 2.75) is 0 Å². The molecule has 3 heteroatoms. The number of rotatable bonds is 1. The molecule has 0 saturated carbocycles. The molecular weight excluding hydrogens is 222 g/mol. The van der Waals surface area contributed by atoms with Crippen molar-refractivity contribution in [2.24, 2.45) is 0 Å². The van der Waals surface area contributed by atoms with E-state index in [9.17, 15) is 0 Å². The summed E-state index contributed by atoms with van der Waals surface area (Å²) in [6, 6.07) is 1.98. The molecule has 1 aromatic rings. The molecule has 0 aliphatic heterocycles. The number of halogens is 1. The Morgan fingerprint density at radius 1 is 1.71 bits per heavy atom. The van der Waals surface area contributed by atoms with Crippen molar-refractivity contribution >= 4 is 33.6 Å². The third-order valence-corrected chi connectivity index (χ3v) is 3.00. The van der Waals surface area contributed by atoms with Gasteiger partial charge in [-0.1, -0.05) is 22.0 Å². The second-order valence-corrected chi connectivity index (χ2v) is 3.49. The number of hydrogen-bond acceptors (Lipinski definition) is 1. The first-order valence-electron chi connectivity index (χ1n) is 1.82. The third kappa shape index (κ3) is 1.42. The minimum atomic E-state index is 0.831. The van der Waals surface area contributed by atoms with Crippen LogP contribution in [0.15, 0.2) is 23.0 Å². The summed E-state index contributed by atoms with van der Waals surface area (Å²) < 4.78 is 4.81. The van der Waals surface area contributed by atoms with Gasteiger partial charge in [0.15, 0.2) is 0 Å². The van der Waals surface area contributed by atoms with Gasteiger partial charge in [0.1, 0.15) is 0 Å². The largest absolute Gasteiger partial charge is 0.472 e. The van der Waals surface area contributed by atoms with E-state index in [4.69, 9.17) is 4.42 Å². The van der Waals surface area contributed by atoms with Crippen LogP contribution in [0.4, 0.5) is 0 Å². The summed E-state index contributed by atoms with van der Waals surface area (Å²) in [5, 5.41) is 1.28. The van der Waals surface area contributed by atoms with E-state index in [0.717, 1.165) is 6.22 Å². The normalized spacial score (nSPS) is 11.0. The van der Waals surface area contributed by atoms with Gasteiger partial charge in [0.2, 0.25) is 0 Å². The molecule has 0 N–H and O–H groups in total. The number of furan rings is 1. The van der Waals surface area contributed by atoms with Gasteiger partial charge in [-0.05, 0) is 12.3 Å². The van der Waals surface area contributed by atoms with Gasteiger partial charge in [0.25, 0.3) is 0 Å². The van der Waals surface area contributed by atoms with Crippen LogP contribution >= 0.6 is 28.3 Å². The zero-order valence-corrected chi connectivity index (χ0v) is 6.68. The lowest BCUT2D eigenvalue weighted by Crippen LogP contribution is -1.77. The van der Waals surface area contributed by atoms with Gasteiger partial charge in [0, 0.05) is 5.30 Å². The molecule has 1 atom stereocenters. The fourth-order valence-corrected chi connectivity index (χ4v) is 1.48. The zero-order valence-electron chi connectivity index (χ0n) is 3.52. The van der Waals surface area contributed by atoms with Crippen molar-refractivity contribution < 1.29 is 4.42 Å². The highest BCUT2D eigenvalue weighted by Gasteiger charge is 1.85. The Labute approximate surface area is 56.7 Å². The summed E-state index contributed by atoms with van der Waals surface area (Å²) in [4.78, 5) is 0. The molecule has 0 aliphatic rings. The highest BCUT2D eigenvalue weighted by Crippen LogP contribution is 2.18. The molecule has 0 radical (unpaired) electrons. The van der Waals surface area contributed by atoms with Crippen molar-refractivity contribution in [1.82, 2.24) is 0 Å². The van der Waals surface area contributed by atoms with Gasteiger partial charge in [-0.3, -0.25) is 0 Å². The van der Waals surface area contributed by atoms with Gasteiger partial charge >= 0.3 is 0 Å². The second-order valence-electron chi connectivity index (χ2n) is 1.11. The maximum atomic E-state index is 4.81. The van der Waals surface area contributed by atoms with Gasteiger partial charge < -0.3 is 4.42 Å². The van der Waals surface area contributed by atoms with Crippen molar-refractivity contribution in [1.29, 1.82) is 0 Å². The SMILES string of the molecule is IPc1ccoc1. The highest BCUT2D eigenvalue weighted by molar-refractivity contribution is 14.2. The Morgan fingerprint density at radius 2 is 2.57 bits per heavy atom. The molecule has 0 fully saturated rings. The number of hydrogen-bond donors (Lipinski definition) is 0. The van der Waals surface area contributed by atoms with E-state index in [1.807, 2.05) is 6.07 Å². The average Bonchev–Trinajstić information content (AvgIpc) is 2.14. The van der Waals surface area contributed by atoms with Crippen molar-refractivity contribution in [3.63, 3.8) is 0 Å². The van der Waals surface area contributed by atoms with Gasteiger partial charge in [-0.15, -0.1) is 0 Å². The summed E-state index contributed by atoms with van der Waals surface area (Å²) in [7, 11) is 0. The molecular formula is C4H4IOP. The molecule has 1 heterocycles. The molecule has 0 bridgehead atoms. The fraction of sp³-hybridized carbons (Fsp3) is 0. The molecule has 0 aliphatic carbocycles. The van der Waals surface area contributed by atoms with Crippen LogP contribution < -0.4 is 5.30 Å². The summed E-state index contributed by atoms with van der Waals surface area (Å²) in [5.74, 6) is 0. The van der Waals surface area contributed by atoms with E-state index in [-0.39, 0.29) is 0 Å². The maximum absolute atomic E-state index is 4.81. The lowest BCUT2D eigenvalue weighted by Gasteiger charge is -1.75. The van der Waals surface area contributed by atoms with E-state index in [2.05, 4.69) is 22.0 Å². The second kappa shape index (κ2) is 2.68. The van der Waals surface area contributed by atoms with E-state index >= 15 is 0 Å². The van der Waals surface area contributed by atoms with Crippen LogP contribution in [-0.4, -0.2) is 0 Å². The predicted octanol–water partition coefficient (Wildman–Crippen LogP) is 1.93. The lowest BCUT2D eigenvalue weighted by atomic mass is 10.7. The Kier molecular flexibility index (Phi) is 2.13. The minimum Gasteiger partial charge on any atom is -0.472 e. The third-order valence-electron chi connectivity index (χ3n) is 0.630. The summed E-state index contributed by atoms with van der Waals surface area (Å²) in [5.41, 5.74) is 0. The van der Waals surface area contributed by atoms with Gasteiger partial charge in [0.05, 0.1) is 12.5 Å². The molecule has 7 heavy (non-hydrogen) atoms. The molecule has 1 aromatic heterocycles. The molecule has 1 unspecified atom stereocenters. The Bertz CT molecular complexity index is 126. The van der Waals surface area contributed by atoms with Crippen LogP contribution in [0.1, 0.15) is 0 Å². The standard InChI is InChI=1S/C4H4IOP/c5-7-4-1-2-6-3-4/h1-3,7H. The van der Waals surface area contributed by atoms with Crippen LogP contribution in [0.3, 0.4) is 0 Å². The first kappa shape index (κ1) is 5.57. The molecule has 0 saturated heterocycles. The predicted molar refractivity (Wildman–Crippen MR) is 40.7 cm³/mol. The molecule has 0 spiro atoms. The fourth-order valence-electron chi connectivity index (χ4n) is 0.318. The monoisotopic (exact) mass is 226 g/mol. The van der Waals surface area contributed by atoms with E-state index in [0.29, 0.717) is 0 Å². The molecule has 0 aromatic carbocycles. The molecule has 1 rings (SSSR count). The maximum Gasteiger partial charge on any atom is 0.0984 e. The Balaban J connectivity index is 2.76. The molecule has 1 nitrogen and oxygen atoms in total. The van der Waals surface area contributed by atoms with Crippen molar-refractivity contribution in [3.8, 4) is 0 Å². The average molecular weight is 226 g/mol. The smallest absolute Gasteiger partial charge is 0.0984 e. The summed E-state index contributed by atoms with van der Waals surface area (Å²) in [6.07, 6.45) is 4.29. The lowest BCUT2D eigenvalue weighted by molar-refractivity contribution is 0.569. The first-order valence-corrected chi connectivity index (χ1v) is 5.94. The van der Waals surface area contributed by atoms with Crippen LogP contribution in [0, 0.1) is 0 Å². The van der Waals surface area contributed by atoms with Crippen LogP contribution in [-0.2, 0) is 0 Å². The van der Waals surface area contributed by atoms with E-state index < -0.39 is 0 Å². The highest BCUT2D eigenvalue weighted by atomic mass is 127. The summed E-state index contributed by atoms with van der Waals surface area (Å²) >= 11 is 2.32. The minimum absolute atomic E-state index is 0.831. The van der Waals surface area contributed by atoms with E-state index in [1.54, 1.807) is 12.5 Å². The van der Waals surface area contributed by atoms with E-state index in [1.165, 1.54) is 5.30 Å². The van der Waals surface area contributed by atoms with Crippen molar-refractivity contribution in [3.05, 3.63) is 18.6 Å². The van der Waals surface area contributed by atoms with Gasteiger partial charge in [-0.2, -0.15) is 0 Å². The molecule has 0 amide bonds. The van der Waals surface area contributed by atoms with Crippen LogP contribution in [0.2, 0.25) is 0 Å². The van der Waals surface area contributed by atoms with Crippen molar-refractivity contribution in [2.75, 3.05) is 0 Å². The topological polar surface area (TPSA) is 13.1 Å². The zero-order chi connectivity index (χ0) is 5.11. The first-order chi connectivity index (χ1) is 3.43.